The molecule has 1 aromatic carbocycles. The number of ether oxygens (including phenoxy) is 2. The summed E-state index contributed by atoms with van der Waals surface area (Å²) in [7, 11) is 1.27. The van der Waals surface area contributed by atoms with Crippen LogP contribution in [0.2, 0.25) is 0 Å². The van der Waals surface area contributed by atoms with Gasteiger partial charge in [0.15, 0.2) is 0 Å². The van der Waals surface area contributed by atoms with Crippen LogP contribution in [0, 0.1) is 5.92 Å². The quantitative estimate of drug-likeness (QED) is 0.771. The second-order valence-corrected chi connectivity index (χ2v) is 4.48. The Balaban J connectivity index is 2.95. The predicted molar refractivity (Wildman–Crippen MR) is 73.8 cm³/mol. The Morgan fingerprint density at radius 1 is 1.40 bits per heavy atom. The molecule has 20 heavy (non-hydrogen) atoms. The standard InChI is InChI=1S/C14H19NO5/c1-9(7-16)8-20-11-4-5-13(15-10(2)17)12(6-11)14(18)19-3/h4-6,9,16H,7-8H2,1-3H3,(H,15,17). The number of hydrogen-bond donors (Lipinski definition) is 2. The number of aliphatic hydroxyl groups excluding tert-OH is 1. The van der Waals surface area contributed by atoms with Crippen LogP contribution in [0.5, 0.6) is 5.75 Å². The number of rotatable bonds is 6. The summed E-state index contributed by atoms with van der Waals surface area (Å²) in [5.41, 5.74) is 0.587. The fourth-order valence-corrected chi connectivity index (χ4v) is 1.48. The van der Waals surface area contributed by atoms with E-state index in [9.17, 15) is 9.59 Å². The van der Waals surface area contributed by atoms with Crippen LogP contribution in [0.15, 0.2) is 18.2 Å². The highest BCUT2D eigenvalue weighted by molar-refractivity contribution is 6.01. The number of esters is 1. The van der Waals surface area contributed by atoms with Gasteiger partial charge in [-0.1, -0.05) is 6.92 Å². The molecule has 0 aliphatic rings. The van der Waals surface area contributed by atoms with Crippen molar-refractivity contribution < 1.29 is 24.2 Å². The first-order valence-corrected chi connectivity index (χ1v) is 6.21. The van der Waals surface area contributed by atoms with E-state index in [1.807, 2.05) is 6.92 Å². The van der Waals surface area contributed by atoms with E-state index in [2.05, 4.69) is 10.1 Å². The Labute approximate surface area is 117 Å². The van der Waals surface area contributed by atoms with Crippen LogP contribution in [0.1, 0.15) is 24.2 Å². The second-order valence-electron chi connectivity index (χ2n) is 4.48. The van der Waals surface area contributed by atoms with Crippen molar-refractivity contribution in [3.63, 3.8) is 0 Å². The summed E-state index contributed by atoms with van der Waals surface area (Å²) in [4.78, 5) is 22.8. The highest BCUT2D eigenvalue weighted by Gasteiger charge is 2.14. The zero-order chi connectivity index (χ0) is 15.1. The normalized spacial score (nSPS) is 11.6. The minimum absolute atomic E-state index is 0.00778. The van der Waals surface area contributed by atoms with Crippen molar-refractivity contribution in [2.24, 2.45) is 5.92 Å². The Morgan fingerprint density at radius 3 is 2.65 bits per heavy atom. The third kappa shape index (κ3) is 4.55. The van der Waals surface area contributed by atoms with Crippen molar-refractivity contribution in [3.05, 3.63) is 23.8 Å². The summed E-state index contributed by atoms with van der Waals surface area (Å²) >= 11 is 0. The molecular formula is C14H19NO5. The monoisotopic (exact) mass is 281 g/mol. The van der Waals surface area contributed by atoms with Crippen LogP contribution in [-0.4, -0.2) is 37.3 Å². The Bertz CT molecular complexity index is 486. The molecule has 0 heterocycles. The molecule has 1 atom stereocenters. The van der Waals surface area contributed by atoms with Crippen LogP contribution < -0.4 is 10.1 Å². The maximum atomic E-state index is 11.7. The van der Waals surface area contributed by atoms with Gasteiger partial charge >= 0.3 is 5.97 Å². The molecule has 2 N–H and O–H groups in total. The molecule has 1 rings (SSSR count). The van der Waals surface area contributed by atoms with Gasteiger partial charge < -0.3 is 19.9 Å². The molecule has 0 aliphatic carbocycles. The molecule has 0 aliphatic heterocycles. The first kappa shape index (κ1) is 16.0. The first-order valence-electron chi connectivity index (χ1n) is 6.21. The molecule has 1 aromatic rings. The summed E-state index contributed by atoms with van der Waals surface area (Å²) in [6, 6.07) is 4.72. The van der Waals surface area contributed by atoms with E-state index in [-0.39, 0.29) is 24.0 Å². The first-order chi connectivity index (χ1) is 9.47. The average Bonchev–Trinajstić information content (AvgIpc) is 2.44. The number of methoxy groups -OCH3 is 1. The molecule has 1 unspecified atom stereocenters. The molecule has 1 amide bonds. The minimum Gasteiger partial charge on any atom is -0.493 e. The maximum absolute atomic E-state index is 11.7. The third-order valence-electron chi connectivity index (χ3n) is 2.55. The zero-order valence-electron chi connectivity index (χ0n) is 11.8. The van der Waals surface area contributed by atoms with E-state index < -0.39 is 5.97 Å². The SMILES string of the molecule is COC(=O)c1cc(OCC(C)CO)ccc1NC(C)=O. The lowest BCUT2D eigenvalue weighted by molar-refractivity contribution is -0.114. The number of anilines is 1. The van der Waals surface area contributed by atoms with Gasteiger partial charge in [-0.3, -0.25) is 4.79 Å². The molecule has 6 nitrogen and oxygen atoms in total. The van der Waals surface area contributed by atoms with Gasteiger partial charge in [0.2, 0.25) is 5.91 Å². The highest BCUT2D eigenvalue weighted by Crippen LogP contribution is 2.23. The molecule has 110 valence electrons. The van der Waals surface area contributed by atoms with Gasteiger partial charge in [-0.15, -0.1) is 0 Å². The van der Waals surface area contributed by atoms with E-state index in [0.717, 1.165) is 0 Å². The van der Waals surface area contributed by atoms with Gasteiger partial charge in [0.25, 0.3) is 0 Å². The maximum Gasteiger partial charge on any atom is 0.340 e. The smallest absolute Gasteiger partial charge is 0.340 e. The van der Waals surface area contributed by atoms with Gasteiger partial charge in [-0.05, 0) is 18.2 Å². The number of hydrogen-bond acceptors (Lipinski definition) is 5. The molecule has 0 bridgehead atoms. The molecular weight excluding hydrogens is 262 g/mol. The van der Waals surface area contributed by atoms with Gasteiger partial charge in [-0.2, -0.15) is 0 Å². The van der Waals surface area contributed by atoms with E-state index in [0.29, 0.717) is 18.0 Å². The second kappa shape index (κ2) is 7.49. The largest absolute Gasteiger partial charge is 0.493 e. The molecule has 0 spiro atoms. The van der Waals surface area contributed by atoms with Crippen LogP contribution in [0.3, 0.4) is 0 Å². The van der Waals surface area contributed by atoms with E-state index >= 15 is 0 Å². The van der Waals surface area contributed by atoms with Gasteiger partial charge in [0.05, 0.1) is 25.0 Å². The van der Waals surface area contributed by atoms with Gasteiger partial charge in [0.1, 0.15) is 5.75 Å². The molecule has 0 fully saturated rings. The van der Waals surface area contributed by atoms with Crippen molar-refractivity contribution in [2.75, 3.05) is 25.6 Å². The number of aliphatic hydroxyl groups is 1. The van der Waals surface area contributed by atoms with Crippen LogP contribution >= 0.6 is 0 Å². The summed E-state index contributed by atoms with van der Waals surface area (Å²) in [6.07, 6.45) is 0. The lowest BCUT2D eigenvalue weighted by Gasteiger charge is -2.13. The predicted octanol–water partition coefficient (Wildman–Crippen LogP) is 1.44. The molecule has 0 saturated heterocycles. The summed E-state index contributed by atoms with van der Waals surface area (Å²) < 4.78 is 10.1. The van der Waals surface area contributed by atoms with Crippen LogP contribution in [0.25, 0.3) is 0 Å². The summed E-state index contributed by atoms with van der Waals surface area (Å²) in [5.74, 6) is -0.376. The number of carbonyl (C=O) groups excluding carboxylic acids is 2. The van der Waals surface area contributed by atoms with E-state index in [1.54, 1.807) is 12.1 Å². The summed E-state index contributed by atoms with van der Waals surface area (Å²) in [6.45, 7) is 3.55. The zero-order valence-corrected chi connectivity index (χ0v) is 11.8. The van der Waals surface area contributed by atoms with Crippen molar-refractivity contribution in [1.82, 2.24) is 0 Å². The molecule has 6 heteroatoms. The van der Waals surface area contributed by atoms with Crippen molar-refractivity contribution in [1.29, 1.82) is 0 Å². The summed E-state index contributed by atoms with van der Waals surface area (Å²) in [5, 5.41) is 11.5. The number of carbonyl (C=O) groups is 2. The molecule has 0 radical (unpaired) electrons. The van der Waals surface area contributed by atoms with Crippen molar-refractivity contribution in [3.8, 4) is 5.75 Å². The van der Waals surface area contributed by atoms with E-state index in [4.69, 9.17) is 9.84 Å². The average molecular weight is 281 g/mol. The Hall–Kier alpha value is -2.08. The Morgan fingerprint density at radius 2 is 2.10 bits per heavy atom. The Kier molecular flexibility index (Phi) is 5.99. The fraction of sp³-hybridized carbons (Fsp3) is 0.429. The highest BCUT2D eigenvalue weighted by atomic mass is 16.5. The molecule has 0 saturated carbocycles. The van der Waals surface area contributed by atoms with Crippen LogP contribution in [-0.2, 0) is 9.53 Å². The van der Waals surface area contributed by atoms with Crippen molar-refractivity contribution in [2.45, 2.75) is 13.8 Å². The van der Waals surface area contributed by atoms with Gasteiger partial charge in [-0.25, -0.2) is 4.79 Å². The minimum atomic E-state index is -0.561. The topological polar surface area (TPSA) is 84.9 Å². The number of nitrogens with one attached hydrogen (secondary N) is 1. The van der Waals surface area contributed by atoms with E-state index in [1.165, 1.54) is 20.1 Å². The lowest BCUT2D eigenvalue weighted by atomic mass is 10.1. The van der Waals surface area contributed by atoms with Crippen molar-refractivity contribution >= 4 is 17.6 Å². The fourth-order valence-electron chi connectivity index (χ4n) is 1.48. The van der Waals surface area contributed by atoms with Gasteiger partial charge in [0, 0.05) is 19.4 Å². The molecule has 0 aromatic heterocycles. The van der Waals surface area contributed by atoms with Crippen LogP contribution in [0.4, 0.5) is 5.69 Å². The third-order valence-corrected chi connectivity index (χ3v) is 2.55. The number of amides is 1. The lowest BCUT2D eigenvalue weighted by Crippen LogP contribution is -2.14. The number of benzene rings is 1.